The Labute approximate surface area is 176 Å². The van der Waals surface area contributed by atoms with E-state index in [0.29, 0.717) is 52.9 Å². The van der Waals surface area contributed by atoms with Crippen LogP contribution in [0.2, 0.25) is 0 Å². The van der Waals surface area contributed by atoms with Crippen molar-refractivity contribution in [1.29, 1.82) is 0 Å². The summed E-state index contributed by atoms with van der Waals surface area (Å²) in [7, 11) is 0. The van der Waals surface area contributed by atoms with Crippen LogP contribution in [-0.4, -0.2) is 18.5 Å². The van der Waals surface area contributed by atoms with E-state index >= 15 is 0 Å². The van der Waals surface area contributed by atoms with Crippen LogP contribution in [0, 0.1) is 0 Å². The summed E-state index contributed by atoms with van der Waals surface area (Å²) < 4.78 is 17.4. The van der Waals surface area contributed by atoms with Crippen molar-refractivity contribution < 1.29 is 23.8 Å². The number of allylic oxidation sites excluding steroid dienone is 2. The maximum absolute atomic E-state index is 12.4. The minimum Gasteiger partial charge on any atom is -0.498 e. The molecule has 0 heterocycles. The monoisotopic (exact) mass is 406 g/mol. The van der Waals surface area contributed by atoms with Crippen LogP contribution in [0.25, 0.3) is 10.8 Å². The highest BCUT2D eigenvalue weighted by atomic mass is 16.5. The van der Waals surface area contributed by atoms with Crippen molar-refractivity contribution in [2.75, 3.05) is 6.61 Å². The molecule has 0 unspecified atom stereocenters. The van der Waals surface area contributed by atoms with Crippen molar-refractivity contribution in [3.63, 3.8) is 0 Å². The Kier molecular flexibility index (Phi) is 6.40. The SMILES string of the molecule is C=C(C)C(=O)Oc1c2c(c(OC(=O)C(=C)C)c3ccccc13)CC(OCCC)=CC2. The third kappa shape index (κ3) is 4.30. The first-order chi connectivity index (χ1) is 14.3. The minimum absolute atomic E-state index is 0.305. The molecule has 0 aromatic heterocycles. The molecular weight excluding hydrogens is 380 g/mol. The second kappa shape index (κ2) is 8.99. The number of rotatable bonds is 7. The molecule has 0 saturated carbocycles. The van der Waals surface area contributed by atoms with Gasteiger partial charge in [-0.3, -0.25) is 0 Å². The lowest BCUT2D eigenvalue weighted by molar-refractivity contribution is -0.131. The van der Waals surface area contributed by atoms with Crippen LogP contribution in [0.3, 0.4) is 0 Å². The van der Waals surface area contributed by atoms with E-state index in [1.54, 1.807) is 13.8 Å². The fourth-order valence-electron chi connectivity index (χ4n) is 3.28. The van der Waals surface area contributed by atoms with E-state index in [1.165, 1.54) is 0 Å². The van der Waals surface area contributed by atoms with Gasteiger partial charge in [0.2, 0.25) is 0 Å². The van der Waals surface area contributed by atoms with Crippen LogP contribution in [-0.2, 0) is 27.2 Å². The van der Waals surface area contributed by atoms with Crippen LogP contribution in [0.4, 0.5) is 0 Å². The minimum atomic E-state index is -0.500. The number of carbonyl (C=O) groups excluding carboxylic acids is 2. The van der Waals surface area contributed by atoms with Gasteiger partial charge in [-0.1, -0.05) is 44.3 Å². The number of hydrogen-bond acceptors (Lipinski definition) is 5. The third-order valence-corrected chi connectivity index (χ3v) is 4.79. The molecule has 0 N–H and O–H groups in total. The van der Waals surface area contributed by atoms with Gasteiger partial charge in [0.05, 0.1) is 12.4 Å². The number of hydrogen-bond donors (Lipinski definition) is 0. The summed E-state index contributed by atoms with van der Waals surface area (Å²) in [6, 6.07) is 7.40. The predicted molar refractivity (Wildman–Crippen MR) is 117 cm³/mol. The molecule has 0 atom stereocenters. The second-order valence-electron chi connectivity index (χ2n) is 7.40. The maximum atomic E-state index is 12.4. The van der Waals surface area contributed by atoms with Crippen molar-refractivity contribution in [2.45, 2.75) is 40.0 Å². The normalized spacial score (nSPS) is 12.6. The molecule has 0 fully saturated rings. The lowest BCUT2D eigenvalue weighted by Gasteiger charge is -2.25. The summed E-state index contributed by atoms with van der Waals surface area (Å²) in [6.45, 7) is 13.2. The van der Waals surface area contributed by atoms with Gasteiger partial charge in [0, 0.05) is 39.5 Å². The summed E-state index contributed by atoms with van der Waals surface area (Å²) in [4.78, 5) is 24.7. The summed E-state index contributed by atoms with van der Waals surface area (Å²) in [6.07, 6.45) is 3.81. The molecule has 156 valence electrons. The molecule has 0 bridgehead atoms. The van der Waals surface area contributed by atoms with E-state index in [9.17, 15) is 9.59 Å². The summed E-state index contributed by atoms with van der Waals surface area (Å²) >= 11 is 0. The largest absolute Gasteiger partial charge is 0.498 e. The molecule has 0 amide bonds. The summed E-state index contributed by atoms with van der Waals surface area (Å²) in [5, 5.41) is 1.38. The van der Waals surface area contributed by atoms with E-state index in [1.807, 2.05) is 37.3 Å². The van der Waals surface area contributed by atoms with Gasteiger partial charge in [-0.2, -0.15) is 0 Å². The molecule has 2 aromatic rings. The van der Waals surface area contributed by atoms with Gasteiger partial charge in [-0.05, 0) is 32.8 Å². The number of ether oxygens (including phenoxy) is 3. The van der Waals surface area contributed by atoms with Gasteiger partial charge in [0.1, 0.15) is 11.5 Å². The molecular formula is C25H26O5. The Morgan fingerprint density at radius 1 is 0.933 bits per heavy atom. The third-order valence-electron chi connectivity index (χ3n) is 4.79. The predicted octanol–water partition coefficient (Wildman–Crippen LogP) is 5.21. The first-order valence-corrected chi connectivity index (χ1v) is 9.97. The molecule has 0 radical (unpaired) electrons. The van der Waals surface area contributed by atoms with E-state index in [-0.39, 0.29) is 0 Å². The van der Waals surface area contributed by atoms with Gasteiger partial charge >= 0.3 is 11.9 Å². The van der Waals surface area contributed by atoms with Crippen LogP contribution < -0.4 is 9.47 Å². The van der Waals surface area contributed by atoms with E-state index in [0.717, 1.165) is 23.3 Å². The Morgan fingerprint density at radius 3 is 1.97 bits per heavy atom. The van der Waals surface area contributed by atoms with E-state index < -0.39 is 11.9 Å². The van der Waals surface area contributed by atoms with Crippen molar-refractivity contribution in [2.24, 2.45) is 0 Å². The van der Waals surface area contributed by atoms with Crippen LogP contribution in [0.1, 0.15) is 38.3 Å². The van der Waals surface area contributed by atoms with E-state index in [2.05, 4.69) is 13.2 Å². The van der Waals surface area contributed by atoms with Gasteiger partial charge in [0.25, 0.3) is 0 Å². The van der Waals surface area contributed by atoms with Gasteiger partial charge in [0.15, 0.2) is 0 Å². The van der Waals surface area contributed by atoms with Crippen LogP contribution in [0.15, 0.2) is 60.4 Å². The van der Waals surface area contributed by atoms with Crippen molar-refractivity contribution in [1.82, 2.24) is 0 Å². The van der Waals surface area contributed by atoms with Crippen LogP contribution >= 0.6 is 0 Å². The fourth-order valence-corrected chi connectivity index (χ4v) is 3.28. The highest BCUT2D eigenvalue weighted by Gasteiger charge is 2.27. The maximum Gasteiger partial charge on any atom is 0.338 e. The van der Waals surface area contributed by atoms with Gasteiger partial charge in [-0.25, -0.2) is 9.59 Å². The average molecular weight is 406 g/mol. The lowest BCUT2D eigenvalue weighted by Crippen LogP contribution is -2.17. The van der Waals surface area contributed by atoms with Crippen LogP contribution in [0.5, 0.6) is 11.5 Å². The summed E-state index contributed by atoms with van der Waals surface area (Å²) in [5.41, 5.74) is 2.20. The molecule has 1 aliphatic carbocycles. The average Bonchev–Trinajstić information content (AvgIpc) is 2.73. The molecule has 2 aromatic carbocycles. The Balaban J connectivity index is 2.22. The zero-order chi connectivity index (χ0) is 21.8. The number of fused-ring (bicyclic) bond motifs is 2. The molecule has 5 heteroatoms. The molecule has 0 aliphatic heterocycles. The topological polar surface area (TPSA) is 61.8 Å². The molecule has 0 saturated heterocycles. The van der Waals surface area contributed by atoms with Gasteiger partial charge in [-0.15, -0.1) is 0 Å². The number of carbonyl (C=O) groups is 2. The molecule has 3 rings (SSSR count). The quantitative estimate of drug-likeness (QED) is 0.359. The molecule has 1 aliphatic rings. The Bertz CT molecular complexity index is 1070. The first kappa shape index (κ1) is 21.4. The molecule has 5 nitrogen and oxygen atoms in total. The first-order valence-electron chi connectivity index (χ1n) is 9.97. The smallest absolute Gasteiger partial charge is 0.338 e. The standard InChI is InChI=1S/C25H26O5/c1-6-13-28-17-11-12-20-21(14-17)23(30-25(27)16(4)5)19-10-8-7-9-18(19)22(20)29-24(26)15(2)3/h7-11H,2,4,6,12-14H2,1,3,5H3. The second-order valence-corrected chi connectivity index (χ2v) is 7.40. The van der Waals surface area contributed by atoms with Crippen molar-refractivity contribution in [3.05, 3.63) is 71.5 Å². The zero-order valence-corrected chi connectivity index (χ0v) is 17.7. The zero-order valence-electron chi connectivity index (χ0n) is 17.7. The van der Waals surface area contributed by atoms with E-state index in [4.69, 9.17) is 14.2 Å². The van der Waals surface area contributed by atoms with Crippen molar-refractivity contribution in [3.8, 4) is 11.5 Å². The fraction of sp³-hybridized carbons (Fsp3) is 0.280. The number of benzene rings is 2. The molecule has 0 spiro atoms. The lowest BCUT2D eigenvalue weighted by atomic mass is 9.89. The highest BCUT2D eigenvalue weighted by Crippen LogP contribution is 2.44. The highest BCUT2D eigenvalue weighted by molar-refractivity contribution is 6.01. The Hall–Kier alpha value is -3.34. The Morgan fingerprint density at radius 2 is 1.47 bits per heavy atom. The van der Waals surface area contributed by atoms with Gasteiger partial charge < -0.3 is 14.2 Å². The van der Waals surface area contributed by atoms with Crippen molar-refractivity contribution >= 4 is 22.7 Å². The molecule has 30 heavy (non-hydrogen) atoms. The summed E-state index contributed by atoms with van der Waals surface area (Å²) in [5.74, 6) is 0.735. The number of esters is 2.